The third-order valence-corrected chi connectivity index (χ3v) is 4.11. The number of benzene rings is 2. The van der Waals surface area contributed by atoms with Crippen LogP contribution in [-0.4, -0.2) is 19.5 Å². The molecule has 0 aliphatic carbocycles. The van der Waals surface area contributed by atoms with Crippen molar-refractivity contribution in [2.45, 2.75) is 11.8 Å². The molecule has 0 radical (unpaired) electrons. The Hall–Kier alpha value is -2.34. The van der Waals surface area contributed by atoms with E-state index in [0.29, 0.717) is 5.69 Å². The zero-order valence-corrected chi connectivity index (χ0v) is 11.5. The zero-order valence-electron chi connectivity index (χ0n) is 10.7. The van der Waals surface area contributed by atoms with E-state index in [4.69, 9.17) is 5.11 Å². The summed E-state index contributed by atoms with van der Waals surface area (Å²) in [6.07, 6.45) is 0. The summed E-state index contributed by atoms with van der Waals surface area (Å²) in [4.78, 5) is 10.9. The van der Waals surface area contributed by atoms with Crippen molar-refractivity contribution < 1.29 is 18.3 Å². The number of aromatic carboxylic acids is 1. The Morgan fingerprint density at radius 3 is 2.05 bits per heavy atom. The predicted molar refractivity (Wildman–Crippen MR) is 75.4 cm³/mol. The highest BCUT2D eigenvalue weighted by atomic mass is 32.2. The van der Waals surface area contributed by atoms with Gasteiger partial charge in [-0.1, -0.05) is 17.7 Å². The maximum absolute atomic E-state index is 12.1. The van der Waals surface area contributed by atoms with Crippen LogP contribution in [0.25, 0.3) is 0 Å². The van der Waals surface area contributed by atoms with Crippen LogP contribution in [0.2, 0.25) is 0 Å². The Bertz CT molecular complexity index is 719. The van der Waals surface area contributed by atoms with Gasteiger partial charge in [-0.05, 0) is 43.3 Å². The van der Waals surface area contributed by atoms with Crippen molar-refractivity contribution in [1.82, 2.24) is 0 Å². The van der Waals surface area contributed by atoms with E-state index >= 15 is 0 Å². The molecule has 0 fully saturated rings. The van der Waals surface area contributed by atoms with Crippen molar-refractivity contribution in [3.63, 3.8) is 0 Å². The monoisotopic (exact) mass is 291 g/mol. The molecule has 20 heavy (non-hydrogen) atoms. The number of hydrogen-bond donors (Lipinski definition) is 2. The molecule has 0 atom stereocenters. The van der Waals surface area contributed by atoms with E-state index in [1.165, 1.54) is 36.4 Å². The fraction of sp³-hybridized carbons (Fsp3) is 0.0714. The van der Waals surface area contributed by atoms with Crippen molar-refractivity contribution in [2.75, 3.05) is 4.72 Å². The molecule has 0 unspecified atom stereocenters. The first-order valence-electron chi connectivity index (χ1n) is 5.81. The molecule has 0 aromatic heterocycles. The fourth-order valence-corrected chi connectivity index (χ4v) is 2.67. The third-order valence-electron chi connectivity index (χ3n) is 2.72. The van der Waals surface area contributed by atoms with Gasteiger partial charge < -0.3 is 5.11 Å². The SMILES string of the molecule is Cc1ccc(S(=O)(=O)Nc2ccc(C(=O)O)cc2)cc1. The fourth-order valence-electron chi connectivity index (χ4n) is 1.61. The van der Waals surface area contributed by atoms with Gasteiger partial charge in [0.2, 0.25) is 0 Å². The summed E-state index contributed by atoms with van der Waals surface area (Å²) >= 11 is 0. The van der Waals surface area contributed by atoms with Crippen LogP contribution in [0.4, 0.5) is 5.69 Å². The summed E-state index contributed by atoms with van der Waals surface area (Å²) in [5.74, 6) is -1.06. The van der Waals surface area contributed by atoms with Gasteiger partial charge in [0.05, 0.1) is 10.5 Å². The van der Waals surface area contributed by atoms with Gasteiger partial charge in [0.25, 0.3) is 10.0 Å². The van der Waals surface area contributed by atoms with Crippen LogP contribution in [0, 0.1) is 6.92 Å². The Kier molecular flexibility index (Phi) is 3.76. The third kappa shape index (κ3) is 3.16. The standard InChI is InChI=1S/C14H13NO4S/c1-10-2-8-13(9-3-10)20(18,19)15-12-6-4-11(5-7-12)14(16)17/h2-9,15H,1H3,(H,16,17). The van der Waals surface area contributed by atoms with E-state index in [1.54, 1.807) is 12.1 Å². The lowest BCUT2D eigenvalue weighted by molar-refractivity contribution is 0.0697. The Morgan fingerprint density at radius 1 is 1.00 bits per heavy atom. The van der Waals surface area contributed by atoms with Crippen molar-refractivity contribution in [3.8, 4) is 0 Å². The first-order valence-corrected chi connectivity index (χ1v) is 7.30. The number of rotatable bonds is 4. The van der Waals surface area contributed by atoms with E-state index in [2.05, 4.69) is 4.72 Å². The summed E-state index contributed by atoms with van der Waals surface area (Å²) in [6, 6.07) is 12.0. The van der Waals surface area contributed by atoms with Gasteiger partial charge >= 0.3 is 5.97 Å². The second-order valence-corrected chi connectivity index (χ2v) is 5.98. The lowest BCUT2D eigenvalue weighted by atomic mass is 10.2. The van der Waals surface area contributed by atoms with Gasteiger partial charge in [-0.2, -0.15) is 0 Å². The van der Waals surface area contributed by atoms with Crippen LogP contribution < -0.4 is 4.72 Å². The Labute approximate surface area is 116 Å². The molecule has 0 aliphatic rings. The quantitative estimate of drug-likeness (QED) is 0.906. The van der Waals surface area contributed by atoms with Crippen LogP contribution in [0.15, 0.2) is 53.4 Å². The molecule has 0 heterocycles. The largest absolute Gasteiger partial charge is 0.478 e. The average Bonchev–Trinajstić information content (AvgIpc) is 2.39. The van der Waals surface area contributed by atoms with Gasteiger partial charge in [-0.25, -0.2) is 13.2 Å². The van der Waals surface area contributed by atoms with Crippen molar-refractivity contribution in [3.05, 3.63) is 59.7 Å². The van der Waals surface area contributed by atoms with Gasteiger partial charge in [-0.15, -0.1) is 0 Å². The van der Waals surface area contributed by atoms with E-state index in [1.807, 2.05) is 6.92 Å². The first-order chi connectivity index (χ1) is 9.38. The Balaban J connectivity index is 2.24. The smallest absolute Gasteiger partial charge is 0.335 e. The molecule has 0 spiro atoms. The normalized spacial score (nSPS) is 11.1. The van der Waals surface area contributed by atoms with Crippen molar-refractivity contribution in [1.29, 1.82) is 0 Å². The summed E-state index contributed by atoms with van der Waals surface area (Å²) < 4.78 is 26.6. The number of sulfonamides is 1. The topological polar surface area (TPSA) is 83.5 Å². The number of anilines is 1. The Morgan fingerprint density at radius 2 is 1.55 bits per heavy atom. The highest BCUT2D eigenvalue weighted by Crippen LogP contribution is 2.17. The minimum atomic E-state index is -3.66. The van der Waals surface area contributed by atoms with E-state index in [-0.39, 0.29) is 10.5 Å². The summed E-state index contributed by atoms with van der Waals surface area (Å²) in [7, 11) is -3.66. The van der Waals surface area contributed by atoms with Gasteiger partial charge in [0, 0.05) is 5.69 Å². The molecular formula is C14H13NO4S. The van der Waals surface area contributed by atoms with Crippen LogP contribution in [0.1, 0.15) is 15.9 Å². The minimum Gasteiger partial charge on any atom is -0.478 e. The van der Waals surface area contributed by atoms with Crippen LogP contribution >= 0.6 is 0 Å². The van der Waals surface area contributed by atoms with Crippen molar-refractivity contribution >= 4 is 21.7 Å². The summed E-state index contributed by atoms with van der Waals surface area (Å²) in [5.41, 5.74) is 1.38. The number of aryl methyl sites for hydroxylation is 1. The van der Waals surface area contributed by atoms with Crippen LogP contribution in [0.5, 0.6) is 0 Å². The second-order valence-electron chi connectivity index (χ2n) is 4.30. The highest BCUT2D eigenvalue weighted by Gasteiger charge is 2.14. The second kappa shape index (κ2) is 5.34. The van der Waals surface area contributed by atoms with Gasteiger partial charge in [-0.3, -0.25) is 4.72 Å². The van der Waals surface area contributed by atoms with Crippen molar-refractivity contribution in [2.24, 2.45) is 0 Å². The molecule has 2 rings (SSSR count). The molecule has 0 saturated carbocycles. The van der Waals surface area contributed by atoms with Gasteiger partial charge in [0.1, 0.15) is 0 Å². The van der Waals surface area contributed by atoms with Gasteiger partial charge in [0.15, 0.2) is 0 Å². The lowest BCUT2D eigenvalue weighted by Gasteiger charge is -2.08. The molecule has 6 heteroatoms. The maximum atomic E-state index is 12.1. The zero-order chi connectivity index (χ0) is 14.8. The molecule has 0 saturated heterocycles. The number of hydrogen-bond acceptors (Lipinski definition) is 3. The summed E-state index contributed by atoms with van der Waals surface area (Å²) in [6.45, 7) is 1.87. The number of carboxylic acids is 1. The predicted octanol–water partition coefficient (Wildman–Crippen LogP) is 2.49. The molecule has 2 aromatic rings. The molecule has 5 nitrogen and oxygen atoms in total. The minimum absolute atomic E-state index is 0.100. The lowest BCUT2D eigenvalue weighted by Crippen LogP contribution is -2.13. The highest BCUT2D eigenvalue weighted by molar-refractivity contribution is 7.92. The first kappa shape index (κ1) is 14.1. The molecule has 0 bridgehead atoms. The maximum Gasteiger partial charge on any atom is 0.335 e. The molecule has 104 valence electrons. The molecule has 2 aromatic carbocycles. The molecule has 0 aliphatic heterocycles. The van der Waals surface area contributed by atoms with E-state index in [9.17, 15) is 13.2 Å². The number of carbonyl (C=O) groups is 1. The summed E-state index contributed by atoms with van der Waals surface area (Å²) in [5, 5.41) is 8.77. The average molecular weight is 291 g/mol. The van der Waals surface area contributed by atoms with Crippen LogP contribution in [-0.2, 0) is 10.0 Å². The van der Waals surface area contributed by atoms with Crippen LogP contribution in [0.3, 0.4) is 0 Å². The molecule has 0 amide bonds. The molecular weight excluding hydrogens is 278 g/mol. The van der Waals surface area contributed by atoms with E-state index in [0.717, 1.165) is 5.56 Å². The number of carboxylic acid groups (broad SMARTS) is 1. The van der Waals surface area contributed by atoms with E-state index < -0.39 is 16.0 Å². The molecule has 2 N–H and O–H groups in total. The number of nitrogens with one attached hydrogen (secondary N) is 1.